The molecule has 0 unspecified atom stereocenters. The van der Waals surface area contributed by atoms with Gasteiger partial charge in [0.2, 0.25) is 0 Å². The molecule has 1 amide bonds. The zero-order valence-corrected chi connectivity index (χ0v) is 16.9. The molecule has 2 fully saturated rings. The van der Waals surface area contributed by atoms with E-state index in [1.54, 1.807) is 30.3 Å². The third kappa shape index (κ3) is 3.67. The molecule has 9 heteroatoms. The highest BCUT2D eigenvalue weighted by molar-refractivity contribution is 5.93. The number of halogens is 3. The molecule has 2 aromatic heterocycles. The first-order valence-corrected chi connectivity index (χ1v) is 10.4. The van der Waals surface area contributed by atoms with Crippen molar-refractivity contribution in [2.75, 3.05) is 7.05 Å². The van der Waals surface area contributed by atoms with Gasteiger partial charge < -0.3 is 10.2 Å². The Labute approximate surface area is 177 Å². The second-order valence-corrected chi connectivity index (χ2v) is 8.38. The first-order valence-electron chi connectivity index (χ1n) is 10.4. The summed E-state index contributed by atoms with van der Waals surface area (Å²) in [6.45, 7) is 0. The summed E-state index contributed by atoms with van der Waals surface area (Å²) >= 11 is 0. The van der Waals surface area contributed by atoms with Crippen molar-refractivity contribution in [2.45, 2.75) is 50.0 Å². The molecular formula is C22H22F3N5O. The van der Waals surface area contributed by atoms with Gasteiger partial charge in [0.05, 0.1) is 5.69 Å². The van der Waals surface area contributed by atoms with Gasteiger partial charge in [-0.05, 0) is 38.8 Å². The van der Waals surface area contributed by atoms with Crippen LogP contribution in [-0.2, 0) is 6.18 Å². The normalized spacial score (nSPS) is 23.9. The Morgan fingerprint density at radius 1 is 1.10 bits per heavy atom. The van der Waals surface area contributed by atoms with E-state index in [4.69, 9.17) is 0 Å². The Morgan fingerprint density at radius 2 is 1.77 bits per heavy atom. The van der Waals surface area contributed by atoms with Crippen molar-refractivity contribution in [1.82, 2.24) is 24.8 Å². The molecule has 2 aliphatic heterocycles. The number of aromatic nitrogens is 3. The average Bonchev–Trinajstić information content (AvgIpc) is 3.24. The van der Waals surface area contributed by atoms with Crippen molar-refractivity contribution in [3.8, 4) is 11.3 Å². The molecule has 1 aromatic carbocycles. The molecule has 2 saturated heterocycles. The summed E-state index contributed by atoms with van der Waals surface area (Å²) < 4.78 is 41.9. The lowest BCUT2D eigenvalue weighted by molar-refractivity contribution is -0.142. The van der Waals surface area contributed by atoms with Crippen LogP contribution in [-0.4, -0.2) is 50.6 Å². The van der Waals surface area contributed by atoms with Gasteiger partial charge in [-0.1, -0.05) is 30.3 Å². The molecule has 1 N–H and O–H groups in total. The van der Waals surface area contributed by atoms with Crippen LogP contribution in [0.15, 0.2) is 42.5 Å². The standard InChI is InChI=1S/C22H22F3N5O/c1-29-15-7-8-16(29)10-14(9-15)26-21(31)18-12-20-27-17(13-5-3-2-4-6-13)11-19(22(23,24)25)30(20)28-18/h2-6,11-12,14-16H,7-10H2,1H3,(H,26,31)/t15-,16-/m1/s1. The first kappa shape index (κ1) is 20.0. The second-order valence-electron chi connectivity index (χ2n) is 8.38. The largest absolute Gasteiger partial charge is 0.433 e. The Balaban J connectivity index is 1.47. The number of fused-ring (bicyclic) bond motifs is 3. The molecule has 0 aliphatic carbocycles. The van der Waals surface area contributed by atoms with Crippen molar-refractivity contribution in [1.29, 1.82) is 0 Å². The van der Waals surface area contributed by atoms with E-state index in [0.717, 1.165) is 31.7 Å². The zero-order valence-electron chi connectivity index (χ0n) is 16.9. The van der Waals surface area contributed by atoms with E-state index in [0.29, 0.717) is 22.2 Å². The number of carbonyl (C=O) groups excluding carboxylic acids is 1. The van der Waals surface area contributed by atoms with Crippen LogP contribution in [0, 0.1) is 0 Å². The van der Waals surface area contributed by atoms with E-state index < -0.39 is 17.8 Å². The van der Waals surface area contributed by atoms with Gasteiger partial charge in [-0.15, -0.1) is 0 Å². The van der Waals surface area contributed by atoms with Gasteiger partial charge in [0.15, 0.2) is 17.0 Å². The van der Waals surface area contributed by atoms with E-state index in [1.165, 1.54) is 6.07 Å². The molecular weight excluding hydrogens is 407 g/mol. The van der Waals surface area contributed by atoms with Gasteiger partial charge in [-0.2, -0.15) is 18.3 Å². The number of carbonyl (C=O) groups is 1. The quantitative estimate of drug-likeness (QED) is 0.689. The summed E-state index contributed by atoms with van der Waals surface area (Å²) in [6.07, 6.45) is -0.726. The number of nitrogens with zero attached hydrogens (tertiary/aromatic N) is 4. The van der Waals surface area contributed by atoms with Crippen LogP contribution in [0.3, 0.4) is 0 Å². The molecule has 4 heterocycles. The molecule has 2 atom stereocenters. The highest BCUT2D eigenvalue weighted by Gasteiger charge is 2.39. The summed E-state index contributed by atoms with van der Waals surface area (Å²) in [7, 11) is 2.11. The topological polar surface area (TPSA) is 62.5 Å². The number of nitrogens with one attached hydrogen (secondary N) is 1. The molecule has 2 aliphatic rings. The van der Waals surface area contributed by atoms with Crippen molar-refractivity contribution in [3.63, 3.8) is 0 Å². The third-order valence-corrected chi connectivity index (χ3v) is 6.45. The lowest BCUT2D eigenvalue weighted by Crippen LogP contribution is -2.48. The van der Waals surface area contributed by atoms with Crippen LogP contribution in [0.2, 0.25) is 0 Å². The van der Waals surface area contributed by atoms with Gasteiger partial charge in [0.25, 0.3) is 5.91 Å². The summed E-state index contributed by atoms with van der Waals surface area (Å²) in [5.74, 6) is -0.464. The summed E-state index contributed by atoms with van der Waals surface area (Å²) in [4.78, 5) is 19.5. The maximum atomic E-state index is 13.7. The van der Waals surface area contributed by atoms with Crippen LogP contribution in [0.4, 0.5) is 13.2 Å². The zero-order chi connectivity index (χ0) is 21.8. The number of hydrogen-bond donors (Lipinski definition) is 1. The van der Waals surface area contributed by atoms with Crippen LogP contribution in [0.1, 0.15) is 41.9 Å². The Kier molecular flexibility index (Phi) is 4.73. The highest BCUT2D eigenvalue weighted by Crippen LogP contribution is 2.35. The second kappa shape index (κ2) is 7.33. The fourth-order valence-electron chi connectivity index (χ4n) is 4.83. The Hall–Kier alpha value is -2.94. The van der Waals surface area contributed by atoms with Gasteiger partial charge in [0.1, 0.15) is 0 Å². The monoisotopic (exact) mass is 429 g/mol. The minimum absolute atomic E-state index is 0.000868. The lowest BCUT2D eigenvalue weighted by Gasteiger charge is -2.36. The van der Waals surface area contributed by atoms with Crippen molar-refractivity contribution >= 4 is 11.6 Å². The number of rotatable bonds is 3. The minimum atomic E-state index is -4.64. The number of hydrogen-bond acceptors (Lipinski definition) is 4. The highest BCUT2D eigenvalue weighted by atomic mass is 19.4. The van der Waals surface area contributed by atoms with E-state index in [-0.39, 0.29) is 23.1 Å². The van der Waals surface area contributed by atoms with Crippen LogP contribution >= 0.6 is 0 Å². The smallest absolute Gasteiger partial charge is 0.348 e. The summed E-state index contributed by atoms with van der Waals surface area (Å²) in [6, 6.07) is 11.8. The molecule has 0 spiro atoms. The van der Waals surface area contributed by atoms with Gasteiger partial charge >= 0.3 is 6.18 Å². The SMILES string of the molecule is CN1[C@@H]2CC[C@@H]1CC(NC(=O)c1cc3nc(-c4ccccc4)cc(C(F)(F)F)n3n1)C2. The Morgan fingerprint density at radius 3 is 2.42 bits per heavy atom. The molecule has 162 valence electrons. The van der Waals surface area contributed by atoms with E-state index in [2.05, 4.69) is 27.3 Å². The lowest BCUT2D eigenvalue weighted by atomic mass is 9.98. The molecule has 0 radical (unpaired) electrons. The fourth-order valence-corrected chi connectivity index (χ4v) is 4.83. The van der Waals surface area contributed by atoms with Crippen LogP contribution in [0.5, 0.6) is 0 Å². The predicted molar refractivity (Wildman–Crippen MR) is 108 cm³/mol. The maximum Gasteiger partial charge on any atom is 0.433 e. The van der Waals surface area contributed by atoms with Gasteiger partial charge in [0, 0.05) is 29.8 Å². The number of amides is 1. The molecule has 0 saturated carbocycles. The van der Waals surface area contributed by atoms with E-state index in [9.17, 15) is 18.0 Å². The Bertz CT molecular complexity index is 1110. The molecule has 6 nitrogen and oxygen atoms in total. The minimum Gasteiger partial charge on any atom is -0.348 e. The van der Waals surface area contributed by atoms with E-state index in [1.807, 2.05) is 0 Å². The molecule has 5 rings (SSSR count). The maximum absolute atomic E-state index is 13.7. The molecule has 31 heavy (non-hydrogen) atoms. The van der Waals surface area contributed by atoms with Crippen molar-refractivity contribution in [3.05, 3.63) is 53.9 Å². The van der Waals surface area contributed by atoms with E-state index >= 15 is 0 Å². The van der Waals surface area contributed by atoms with Crippen LogP contribution < -0.4 is 5.32 Å². The van der Waals surface area contributed by atoms with Gasteiger partial charge in [-0.3, -0.25) is 4.79 Å². The molecule has 3 aromatic rings. The molecule has 2 bridgehead atoms. The van der Waals surface area contributed by atoms with Crippen LogP contribution in [0.25, 0.3) is 16.9 Å². The predicted octanol–water partition coefficient (Wildman–Crippen LogP) is 3.77. The summed E-state index contributed by atoms with van der Waals surface area (Å²) in [5.41, 5.74) is -0.298. The number of alkyl halides is 3. The number of piperidine rings is 1. The average molecular weight is 429 g/mol. The summed E-state index contributed by atoms with van der Waals surface area (Å²) in [5, 5.41) is 6.93. The van der Waals surface area contributed by atoms with Crippen molar-refractivity contribution < 1.29 is 18.0 Å². The van der Waals surface area contributed by atoms with Crippen molar-refractivity contribution in [2.24, 2.45) is 0 Å². The van der Waals surface area contributed by atoms with Gasteiger partial charge in [-0.25, -0.2) is 9.50 Å². The first-order chi connectivity index (χ1) is 14.8. The number of benzene rings is 1. The third-order valence-electron chi connectivity index (χ3n) is 6.45. The fraction of sp³-hybridized carbons (Fsp3) is 0.409.